The molecular formula is C22H21NO3. The predicted octanol–water partition coefficient (Wildman–Crippen LogP) is 4.80. The first-order chi connectivity index (χ1) is 12.4. The zero-order valence-corrected chi connectivity index (χ0v) is 15.3. The molecule has 0 fully saturated rings. The van der Waals surface area contributed by atoms with E-state index in [1.165, 1.54) is 7.11 Å². The van der Waals surface area contributed by atoms with Gasteiger partial charge in [-0.15, -0.1) is 0 Å². The number of nitrogens with one attached hydrogen (secondary N) is 1. The smallest absolute Gasteiger partial charge is 0.338 e. The molecule has 0 spiro atoms. The molecule has 0 radical (unpaired) electrons. The lowest BCUT2D eigenvalue weighted by Gasteiger charge is -2.15. The first-order valence-corrected chi connectivity index (χ1v) is 8.41. The number of rotatable bonds is 3. The van der Waals surface area contributed by atoms with Crippen LogP contribution in [-0.2, 0) is 4.74 Å². The van der Waals surface area contributed by atoms with Gasteiger partial charge in [0.1, 0.15) is 0 Å². The standard InChI is InChI=1S/C22H21NO3/c1-13-11-16-7-5-6-8-18(16)19(12-13)21(24)23-20-14(2)9-10-17(15(20)3)22(25)26-4/h5-12H,1-4H3,(H,23,24). The lowest BCUT2D eigenvalue weighted by molar-refractivity contribution is 0.0599. The number of hydrogen-bond acceptors (Lipinski definition) is 3. The van der Waals surface area contributed by atoms with Crippen molar-refractivity contribution in [3.8, 4) is 0 Å². The van der Waals surface area contributed by atoms with Crippen molar-refractivity contribution in [1.82, 2.24) is 0 Å². The van der Waals surface area contributed by atoms with Gasteiger partial charge < -0.3 is 10.1 Å². The molecule has 0 bridgehead atoms. The third-order valence-corrected chi connectivity index (χ3v) is 4.57. The topological polar surface area (TPSA) is 55.4 Å². The molecule has 1 N–H and O–H groups in total. The Kier molecular flexibility index (Phi) is 4.76. The minimum Gasteiger partial charge on any atom is -0.465 e. The second-order valence-electron chi connectivity index (χ2n) is 6.41. The second kappa shape index (κ2) is 7.00. The van der Waals surface area contributed by atoms with Crippen LogP contribution < -0.4 is 5.32 Å². The molecule has 0 saturated carbocycles. The molecule has 132 valence electrons. The third-order valence-electron chi connectivity index (χ3n) is 4.57. The summed E-state index contributed by atoms with van der Waals surface area (Å²) in [6, 6.07) is 15.3. The SMILES string of the molecule is COC(=O)c1ccc(C)c(NC(=O)c2cc(C)cc3ccccc23)c1C. The molecule has 4 heteroatoms. The van der Waals surface area contributed by atoms with Crippen LogP contribution in [-0.4, -0.2) is 19.0 Å². The van der Waals surface area contributed by atoms with E-state index in [1.54, 1.807) is 6.07 Å². The molecule has 4 nitrogen and oxygen atoms in total. The fourth-order valence-electron chi connectivity index (χ4n) is 3.20. The van der Waals surface area contributed by atoms with Gasteiger partial charge in [-0.05, 0) is 60.4 Å². The van der Waals surface area contributed by atoms with Gasteiger partial charge in [0.15, 0.2) is 0 Å². The number of esters is 1. The van der Waals surface area contributed by atoms with Gasteiger partial charge >= 0.3 is 5.97 Å². The van der Waals surface area contributed by atoms with Gasteiger partial charge in [0.2, 0.25) is 0 Å². The molecule has 3 aromatic rings. The van der Waals surface area contributed by atoms with Crippen molar-refractivity contribution in [3.05, 3.63) is 76.3 Å². The molecule has 0 aliphatic rings. The summed E-state index contributed by atoms with van der Waals surface area (Å²) in [6.07, 6.45) is 0. The van der Waals surface area contributed by atoms with Crippen molar-refractivity contribution >= 4 is 28.3 Å². The van der Waals surface area contributed by atoms with E-state index in [2.05, 4.69) is 11.4 Å². The molecule has 0 aromatic heterocycles. The van der Waals surface area contributed by atoms with Crippen molar-refractivity contribution in [2.24, 2.45) is 0 Å². The lowest BCUT2D eigenvalue weighted by Crippen LogP contribution is -2.16. The van der Waals surface area contributed by atoms with Gasteiger partial charge in [0.25, 0.3) is 5.91 Å². The molecule has 0 saturated heterocycles. The zero-order chi connectivity index (χ0) is 18.8. The zero-order valence-electron chi connectivity index (χ0n) is 15.3. The molecule has 0 aliphatic heterocycles. The summed E-state index contributed by atoms with van der Waals surface area (Å²) in [5.74, 6) is -0.614. The molecule has 1 amide bonds. The van der Waals surface area contributed by atoms with Crippen LogP contribution in [0.2, 0.25) is 0 Å². The number of methoxy groups -OCH3 is 1. The van der Waals surface area contributed by atoms with Gasteiger partial charge in [0, 0.05) is 11.3 Å². The van der Waals surface area contributed by atoms with Gasteiger partial charge in [-0.25, -0.2) is 4.79 Å². The number of benzene rings is 3. The van der Waals surface area contributed by atoms with Crippen LogP contribution in [0.1, 0.15) is 37.4 Å². The van der Waals surface area contributed by atoms with Crippen LogP contribution >= 0.6 is 0 Å². The van der Waals surface area contributed by atoms with E-state index in [9.17, 15) is 9.59 Å². The Hall–Kier alpha value is -3.14. The number of fused-ring (bicyclic) bond motifs is 1. The number of amides is 1. The van der Waals surface area contributed by atoms with E-state index in [0.29, 0.717) is 22.4 Å². The number of aryl methyl sites for hydroxylation is 2. The Morgan fingerprint density at radius 1 is 0.923 bits per heavy atom. The molecular weight excluding hydrogens is 326 g/mol. The molecule has 0 unspecified atom stereocenters. The van der Waals surface area contributed by atoms with E-state index >= 15 is 0 Å². The fraction of sp³-hybridized carbons (Fsp3) is 0.182. The van der Waals surface area contributed by atoms with Crippen molar-refractivity contribution in [2.75, 3.05) is 12.4 Å². The summed E-state index contributed by atoms with van der Waals surface area (Å²) in [5.41, 5.74) is 4.31. The van der Waals surface area contributed by atoms with E-state index in [0.717, 1.165) is 21.9 Å². The van der Waals surface area contributed by atoms with Crippen molar-refractivity contribution in [2.45, 2.75) is 20.8 Å². The highest BCUT2D eigenvalue weighted by Gasteiger charge is 2.17. The Bertz CT molecular complexity index is 1020. The average Bonchev–Trinajstić information content (AvgIpc) is 2.63. The number of hydrogen-bond donors (Lipinski definition) is 1. The van der Waals surface area contributed by atoms with Crippen LogP contribution in [0.25, 0.3) is 10.8 Å². The quantitative estimate of drug-likeness (QED) is 0.692. The summed E-state index contributed by atoms with van der Waals surface area (Å²) >= 11 is 0. The lowest BCUT2D eigenvalue weighted by atomic mass is 9.99. The van der Waals surface area contributed by atoms with Crippen LogP contribution in [0.4, 0.5) is 5.69 Å². The third kappa shape index (κ3) is 3.18. The maximum Gasteiger partial charge on any atom is 0.338 e. The van der Waals surface area contributed by atoms with Crippen molar-refractivity contribution in [1.29, 1.82) is 0 Å². The Balaban J connectivity index is 2.06. The molecule has 26 heavy (non-hydrogen) atoms. The summed E-state index contributed by atoms with van der Waals surface area (Å²) < 4.78 is 4.82. The monoisotopic (exact) mass is 347 g/mol. The summed E-state index contributed by atoms with van der Waals surface area (Å²) in [4.78, 5) is 24.9. The Morgan fingerprint density at radius 3 is 2.38 bits per heavy atom. The van der Waals surface area contributed by atoms with Gasteiger partial charge in [-0.1, -0.05) is 36.4 Å². The van der Waals surface area contributed by atoms with E-state index in [1.807, 2.05) is 57.2 Å². The van der Waals surface area contributed by atoms with Crippen LogP contribution in [0, 0.1) is 20.8 Å². The first kappa shape index (κ1) is 17.7. The highest BCUT2D eigenvalue weighted by atomic mass is 16.5. The van der Waals surface area contributed by atoms with Crippen molar-refractivity contribution < 1.29 is 14.3 Å². The van der Waals surface area contributed by atoms with Gasteiger partial charge in [-0.2, -0.15) is 0 Å². The molecule has 0 atom stereocenters. The first-order valence-electron chi connectivity index (χ1n) is 8.41. The van der Waals surface area contributed by atoms with Crippen LogP contribution in [0.3, 0.4) is 0 Å². The minimum absolute atomic E-state index is 0.196. The molecule has 3 rings (SSSR count). The maximum absolute atomic E-state index is 13.0. The normalized spacial score (nSPS) is 10.6. The molecule has 0 aliphatic carbocycles. The highest BCUT2D eigenvalue weighted by molar-refractivity contribution is 6.14. The van der Waals surface area contributed by atoms with E-state index in [-0.39, 0.29) is 5.91 Å². The fourth-order valence-corrected chi connectivity index (χ4v) is 3.20. The predicted molar refractivity (Wildman–Crippen MR) is 104 cm³/mol. The average molecular weight is 347 g/mol. The van der Waals surface area contributed by atoms with E-state index in [4.69, 9.17) is 4.74 Å². The van der Waals surface area contributed by atoms with Gasteiger partial charge in [-0.3, -0.25) is 4.79 Å². The summed E-state index contributed by atoms with van der Waals surface area (Å²) in [5, 5.41) is 4.91. The number of ether oxygens (including phenoxy) is 1. The Labute approximate surface area is 152 Å². The summed E-state index contributed by atoms with van der Waals surface area (Å²) in [7, 11) is 1.35. The van der Waals surface area contributed by atoms with Crippen LogP contribution in [0.5, 0.6) is 0 Å². The van der Waals surface area contributed by atoms with E-state index < -0.39 is 5.97 Å². The van der Waals surface area contributed by atoms with Crippen molar-refractivity contribution in [3.63, 3.8) is 0 Å². The Morgan fingerprint density at radius 2 is 1.65 bits per heavy atom. The maximum atomic E-state index is 13.0. The number of carbonyl (C=O) groups excluding carboxylic acids is 2. The number of anilines is 1. The second-order valence-corrected chi connectivity index (χ2v) is 6.41. The molecule has 3 aromatic carbocycles. The van der Waals surface area contributed by atoms with Crippen LogP contribution in [0.15, 0.2) is 48.5 Å². The largest absolute Gasteiger partial charge is 0.465 e. The summed E-state index contributed by atoms with van der Waals surface area (Å²) in [6.45, 7) is 5.68. The molecule has 0 heterocycles. The van der Waals surface area contributed by atoms with Gasteiger partial charge in [0.05, 0.1) is 12.7 Å². The minimum atomic E-state index is -0.418. The highest BCUT2D eigenvalue weighted by Crippen LogP contribution is 2.27. The number of carbonyl (C=O) groups is 2.